The molecule has 14 heavy (non-hydrogen) atoms. The number of nitrogens with two attached hydrogens (primary N) is 1. The first-order valence-electron chi connectivity index (χ1n) is 4.92. The van der Waals surface area contributed by atoms with Crippen molar-refractivity contribution in [3.05, 3.63) is 29.7 Å². The van der Waals surface area contributed by atoms with Gasteiger partial charge in [-0.1, -0.05) is 0 Å². The topological polar surface area (TPSA) is 56.2 Å². The Hall–Kier alpha value is -1.42. The Bertz CT molecular complexity index is 470. The van der Waals surface area contributed by atoms with Crippen LogP contribution in [-0.2, 0) is 6.54 Å². The van der Waals surface area contributed by atoms with Gasteiger partial charge in [-0.3, -0.25) is 0 Å². The first kappa shape index (κ1) is 7.94. The maximum absolute atomic E-state index is 5.52. The lowest BCUT2D eigenvalue weighted by Crippen LogP contribution is -1.95. The molecule has 1 aliphatic carbocycles. The molecular weight excluding hydrogens is 176 g/mol. The molecule has 0 amide bonds. The number of rotatable bonds is 2. The quantitative estimate of drug-likeness (QED) is 0.766. The summed E-state index contributed by atoms with van der Waals surface area (Å²) in [5.41, 5.74) is 8.48. The SMILES string of the molecule is NCc1cn2nc(C3CC3)ccc2n1. The maximum Gasteiger partial charge on any atom is 0.153 e. The summed E-state index contributed by atoms with van der Waals surface area (Å²) in [6.07, 6.45) is 4.45. The monoisotopic (exact) mass is 188 g/mol. The van der Waals surface area contributed by atoms with E-state index in [2.05, 4.69) is 16.1 Å². The van der Waals surface area contributed by atoms with Gasteiger partial charge in [0.1, 0.15) is 0 Å². The molecule has 0 unspecified atom stereocenters. The minimum Gasteiger partial charge on any atom is -0.325 e. The predicted octanol–water partition coefficient (Wildman–Crippen LogP) is 1.07. The van der Waals surface area contributed by atoms with Crippen molar-refractivity contribution in [2.45, 2.75) is 25.3 Å². The molecule has 2 aromatic heterocycles. The highest BCUT2D eigenvalue weighted by atomic mass is 15.3. The Morgan fingerprint density at radius 1 is 1.43 bits per heavy atom. The molecule has 4 heteroatoms. The van der Waals surface area contributed by atoms with Crippen molar-refractivity contribution in [1.29, 1.82) is 0 Å². The third kappa shape index (κ3) is 1.19. The Kier molecular flexibility index (Phi) is 1.58. The first-order valence-corrected chi connectivity index (χ1v) is 4.92. The van der Waals surface area contributed by atoms with Crippen LogP contribution in [0.25, 0.3) is 5.65 Å². The Morgan fingerprint density at radius 2 is 2.29 bits per heavy atom. The van der Waals surface area contributed by atoms with E-state index in [4.69, 9.17) is 5.73 Å². The number of imidazole rings is 1. The molecule has 0 aliphatic heterocycles. The van der Waals surface area contributed by atoms with Gasteiger partial charge in [0, 0.05) is 12.5 Å². The van der Waals surface area contributed by atoms with Gasteiger partial charge < -0.3 is 5.73 Å². The standard InChI is InChI=1S/C10H12N4/c11-5-8-6-14-10(12-8)4-3-9(13-14)7-1-2-7/h3-4,6-7H,1-2,5,11H2. The molecule has 1 aliphatic rings. The molecule has 0 atom stereocenters. The minimum atomic E-state index is 0.474. The van der Waals surface area contributed by atoms with Crippen LogP contribution in [0.4, 0.5) is 0 Å². The van der Waals surface area contributed by atoms with Crippen LogP contribution < -0.4 is 5.73 Å². The predicted molar refractivity (Wildman–Crippen MR) is 52.9 cm³/mol. The van der Waals surface area contributed by atoms with Gasteiger partial charge in [-0.2, -0.15) is 5.10 Å². The minimum absolute atomic E-state index is 0.474. The zero-order chi connectivity index (χ0) is 9.54. The molecule has 72 valence electrons. The second-order valence-corrected chi connectivity index (χ2v) is 3.77. The van der Waals surface area contributed by atoms with E-state index < -0.39 is 0 Å². The van der Waals surface area contributed by atoms with Crippen LogP contribution in [0.15, 0.2) is 18.3 Å². The zero-order valence-corrected chi connectivity index (χ0v) is 7.85. The highest BCUT2D eigenvalue weighted by molar-refractivity contribution is 5.39. The van der Waals surface area contributed by atoms with Crippen molar-refractivity contribution >= 4 is 5.65 Å². The van der Waals surface area contributed by atoms with Gasteiger partial charge >= 0.3 is 0 Å². The highest BCUT2D eigenvalue weighted by Crippen LogP contribution is 2.38. The largest absolute Gasteiger partial charge is 0.325 e. The van der Waals surface area contributed by atoms with Crippen molar-refractivity contribution in [3.63, 3.8) is 0 Å². The van der Waals surface area contributed by atoms with Gasteiger partial charge in [0.2, 0.25) is 0 Å². The van der Waals surface area contributed by atoms with E-state index in [0.717, 1.165) is 11.3 Å². The van der Waals surface area contributed by atoms with E-state index in [-0.39, 0.29) is 0 Å². The fourth-order valence-electron chi connectivity index (χ4n) is 1.64. The summed E-state index contributed by atoms with van der Waals surface area (Å²) in [5, 5.41) is 4.50. The average molecular weight is 188 g/mol. The van der Waals surface area contributed by atoms with Crippen LogP contribution in [-0.4, -0.2) is 14.6 Å². The molecule has 1 saturated carbocycles. The molecule has 2 aromatic rings. The molecule has 4 nitrogen and oxygen atoms in total. The van der Waals surface area contributed by atoms with Crippen LogP contribution >= 0.6 is 0 Å². The number of aromatic nitrogens is 3. The molecule has 1 fully saturated rings. The second kappa shape index (κ2) is 2.78. The number of hydrogen-bond acceptors (Lipinski definition) is 3. The lowest BCUT2D eigenvalue weighted by Gasteiger charge is -1.96. The van der Waals surface area contributed by atoms with E-state index in [1.807, 2.05) is 16.8 Å². The summed E-state index contributed by atoms with van der Waals surface area (Å²) in [6.45, 7) is 0.474. The molecule has 0 spiro atoms. The normalized spacial score (nSPS) is 16.4. The van der Waals surface area contributed by atoms with Crippen LogP contribution in [0.5, 0.6) is 0 Å². The van der Waals surface area contributed by atoms with Crippen LogP contribution in [0.3, 0.4) is 0 Å². The summed E-state index contributed by atoms with van der Waals surface area (Å²) in [5.74, 6) is 0.683. The summed E-state index contributed by atoms with van der Waals surface area (Å²) in [6, 6.07) is 4.08. The fraction of sp³-hybridized carbons (Fsp3) is 0.400. The lowest BCUT2D eigenvalue weighted by atomic mass is 10.3. The Morgan fingerprint density at radius 3 is 3.00 bits per heavy atom. The van der Waals surface area contributed by atoms with Crippen molar-refractivity contribution in [2.24, 2.45) is 5.73 Å². The Balaban J connectivity index is 2.12. The number of hydrogen-bond donors (Lipinski definition) is 1. The van der Waals surface area contributed by atoms with Crippen molar-refractivity contribution in [3.8, 4) is 0 Å². The molecule has 3 rings (SSSR count). The van der Waals surface area contributed by atoms with Gasteiger partial charge in [-0.05, 0) is 25.0 Å². The van der Waals surface area contributed by atoms with Gasteiger partial charge in [0.15, 0.2) is 5.65 Å². The third-order valence-electron chi connectivity index (χ3n) is 2.60. The van der Waals surface area contributed by atoms with Crippen LogP contribution in [0, 0.1) is 0 Å². The van der Waals surface area contributed by atoms with Gasteiger partial charge in [-0.15, -0.1) is 0 Å². The van der Waals surface area contributed by atoms with Crippen LogP contribution in [0.1, 0.15) is 30.1 Å². The Labute approximate surface area is 81.8 Å². The molecule has 2 N–H and O–H groups in total. The van der Waals surface area contributed by atoms with Crippen molar-refractivity contribution in [2.75, 3.05) is 0 Å². The van der Waals surface area contributed by atoms with Crippen molar-refractivity contribution in [1.82, 2.24) is 14.6 Å². The summed E-state index contributed by atoms with van der Waals surface area (Å²) in [7, 11) is 0. The average Bonchev–Trinajstić information content (AvgIpc) is 2.97. The van der Waals surface area contributed by atoms with Gasteiger partial charge in [0.25, 0.3) is 0 Å². The molecule has 0 bridgehead atoms. The molecular formula is C10H12N4. The van der Waals surface area contributed by atoms with E-state index in [0.29, 0.717) is 12.5 Å². The molecule has 0 aromatic carbocycles. The van der Waals surface area contributed by atoms with Crippen molar-refractivity contribution < 1.29 is 0 Å². The van der Waals surface area contributed by atoms with Gasteiger partial charge in [-0.25, -0.2) is 9.50 Å². The summed E-state index contributed by atoms with van der Waals surface area (Å²) in [4.78, 5) is 4.33. The molecule has 0 radical (unpaired) electrons. The summed E-state index contributed by atoms with van der Waals surface area (Å²) >= 11 is 0. The van der Waals surface area contributed by atoms with E-state index in [9.17, 15) is 0 Å². The fourth-order valence-corrected chi connectivity index (χ4v) is 1.64. The first-order chi connectivity index (χ1) is 6.86. The highest BCUT2D eigenvalue weighted by Gasteiger charge is 2.25. The zero-order valence-electron chi connectivity index (χ0n) is 7.85. The van der Waals surface area contributed by atoms with E-state index >= 15 is 0 Å². The number of nitrogens with zero attached hydrogens (tertiary/aromatic N) is 3. The number of fused-ring (bicyclic) bond motifs is 1. The van der Waals surface area contributed by atoms with Gasteiger partial charge in [0.05, 0.1) is 17.6 Å². The van der Waals surface area contributed by atoms with E-state index in [1.165, 1.54) is 18.5 Å². The maximum atomic E-state index is 5.52. The second-order valence-electron chi connectivity index (χ2n) is 3.77. The van der Waals surface area contributed by atoms with E-state index in [1.54, 1.807) is 0 Å². The lowest BCUT2D eigenvalue weighted by molar-refractivity contribution is 0.853. The summed E-state index contributed by atoms with van der Waals surface area (Å²) < 4.78 is 1.83. The molecule has 2 heterocycles. The van der Waals surface area contributed by atoms with Crippen LogP contribution in [0.2, 0.25) is 0 Å². The molecule has 0 saturated heterocycles. The third-order valence-corrected chi connectivity index (χ3v) is 2.60. The smallest absolute Gasteiger partial charge is 0.153 e.